The first-order chi connectivity index (χ1) is 12.9. The van der Waals surface area contributed by atoms with Crippen LogP contribution in [-0.4, -0.2) is 51.1 Å². The third-order valence-corrected chi connectivity index (χ3v) is 6.03. The van der Waals surface area contributed by atoms with Crippen LogP contribution >= 0.6 is 0 Å². The number of nitrogens with one attached hydrogen (secondary N) is 2. The zero-order valence-electron chi connectivity index (χ0n) is 15.1. The third kappa shape index (κ3) is 4.48. The van der Waals surface area contributed by atoms with Gasteiger partial charge in [-0.3, -0.25) is 4.79 Å². The summed E-state index contributed by atoms with van der Waals surface area (Å²) in [5.74, 6) is 1.29. The molecule has 9 heteroatoms. The van der Waals surface area contributed by atoms with Gasteiger partial charge in [-0.25, -0.2) is 13.4 Å². The lowest BCUT2D eigenvalue weighted by molar-refractivity contribution is 0.102. The van der Waals surface area contributed by atoms with Gasteiger partial charge in [0, 0.05) is 6.04 Å². The maximum absolute atomic E-state index is 12.6. The lowest BCUT2D eigenvalue weighted by atomic mass is 10.1. The van der Waals surface area contributed by atoms with Gasteiger partial charge in [-0.05, 0) is 30.7 Å². The van der Waals surface area contributed by atoms with E-state index in [1.165, 1.54) is 20.4 Å². The van der Waals surface area contributed by atoms with Gasteiger partial charge in [0.15, 0.2) is 9.84 Å². The summed E-state index contributed by atoms with van der Waals surface area (Å²) in [7, 11) is 0.0113. The van der Waals surface area contributed by atoms with E-state index in [9.17, 15) is 13.2 Å². The first-order valence-corrected chi connectivity index (χ1v) is 10.2. The Kier molecular flexibility index (Phi) is 5.50. The molecule has 3 rings (SSSR count). The van der Waals surface area contributed by atoms with E-state index >= 15 is 0 Å². The topological polar surface area (TPSA) is 107 Å². The van der Waals surface area contributed by atoms with E-state index in [4.69, 9.17) is 9.47 Å². The Bertz CT molecular complexity index is 906. The average Bonchev–Trinajstić information content (AvgIpc) is 3.00. The van der Waals surface area contributed by atoms with Crippen molar-refractivity contribution in [1.29, 1.82) is 0 Å². The second-order valence-corrected chi connectivity index (χ2v) is 8.40. The quantitative estimate of drug-likeness (QED) is 0.775. The smallest absolute Gasteiger partial charge is 0.263 e. The summed E-state index contributed by atoms with van der Waals surface area (Å²) in [4.78, 5) is 16.9. The molecule has 1 saturated heterocycles. The Labute approximate surface area is 157 Å². The number of rotatable bonds is 6. The summed E-state index contributed by atoms with van der Waals surface area (Å²) in [5.41, 5.74) is 0.790. The molecule has 1 aliphatic heterocycles. The molecule has 1 aromatic carbocycles. The molecule has 0 saturated carbocycles. The van der Waals surface area contributed by atoms with Crippen LogP contribution in [0.1, 0.15) is 16.8 Å². The normalized spacial score (nSPS) is 17.9. The molecule has 0 aliphatic carbocycles. The molecule has 1 atom stereocenters. The van der Waals surface area contributed by atoms with Crippen LogP contribution in [0, 0.1) is 0 Å². The number of aromatic nitrogens is 1. The number of methoxy groups -OCH3 is 2. The molecular weight excluding hydrogens is 370 g/mol. The van der Waals surface area contributed by atoms with Gasteiger partial charge in [-0.1, -0.05) is 6.07 Å². The Morgan fingerprint density at radius 2 is 1.85 bits per heavy atom. The second-order valence-electron chi connectivity index (χ2n) is 6.17. The summed E-state index contributed by atoms with van der Waals surface area (Å²) in [6.07, 6.45) is 2.07. The molecule has 8 nitrogen and oxygen atoms in total. The largest absolute Gasteiger partial charge is 0.496 e. The zero-order valence-corrected chi connectivity index (χ0v) is 15.9. The molecule has 0 spiro atoms. The van der Waals surface area contributed by atoms with Crippen molar-refractivity contribution >= 4 is 27.2 Å². The fourth-order valence-electron chi connectivity index (χ4n) is 2.94. The lowest BCUT2D eigenvalue weighted by Gasteiger charge is -2.14. The van der Waals surface area contributed by atoms with E-state index in [0.717, 1.165) is 0 Å². The van der Waals surface area contributed by atoms with Crippen molar-refractivity contribution in [2.45, 2.75) is 12.5 Å². The molecular formula is C18H21N3O5S. The summed E-state index contributed by atoms with van der Waals surface area (Å²) in [6, 6.07) is 8.34. The fraction of sp³-hybridized carbons (Fsp3) is 0.333. The van der Waals surface area contributed by atoms with E-state index in [1.54, 1.807) is 30.3 Å². The standard InChI is InChI=1S/C18H21N3O5S/c1-25-14-4-3-5-15(26-2)17(14)18(22)21-12-6-7-16(19-10-12)20-13-8-9-27(23,24)11-13/h3-7,10,13H,8-9,11H2,1-2H3,(H,19,20)(H,21,22). The van der Waals surface area contributed by atoms with E-state index in [0.29, 0.717) is 35.0 Å². The van der Waals surface area contributed by atoms with Crippen LogP contribution < -0.4 is 20.1 Å². The van der Waals surface area contributed by atoms with E-state index in [-0.39, 0.29) is 23.5 Å². The van der Waals surface area contributed by atoms with Gasteiger partial charge >= 0.3 is 0 Å². The predicted molar refractivity (Wildman–Crippen MR) is 102 cm³/mol. The zero-order chi connectivity index (χ0) is 19.4. The fourth-order valence-corrected chi connectivity index (χ4v) is 4.61. The van der Waals surface area contributed by atoms with Gasteiger partial charge in [0.05, 0.1) is 37.6 Å². The number of amides is 1. The van der Waals surface area contributed by atoms with Gasteiger partial charge in [0.1, 0.15) is 22.9 Å². The van der Waals surface area contributed by atoms with Crippen LogP contribution in [0.4, 0.5) is 11.5 Å². The molecule has 144 valence electrons. The van der Waals surface area contributed by atoms with E-state index in [1.807, 2.05) is 0 Å². The number of anilines is 2. The third-order valence-electron chi connectivity index (χ3n) is 4.26. The van der Waals surface area contributed by atoms with Crippen LogP contribution in [0.25, 0.3) is 0 Å². The lowest BCUT2D eigenvalue weighted by Crippen LogP contribution is -2.21. The monoisotopic (exact) mass is 391 g/mol. The molecule has 1 unspecified atom stereocenters. The van der Waals surface area contributed by atoms with Gasteiger partial charge in [-0.2, -0.15) is 0 Å². The number of nitrogens with zero attached hydrogens (tertiary/aromatic N) is 1. The highest BCUT2D eigenvalue weighted by molar-refractivity contribution is 7.91. The predicted octanol–water partition coefficient (Wildman–Crippen LogP) is 1.95. The molecule has 0 bridgehead atoms. The molecule has 1 amide bonds. The number of carbonyl (C=O) groups excluding carboxylic acids is 1. The maximum atomic E-state index is 12.6. The number of hydrogen-bond acceptors (Lipinski definition) is 7. The van der Waals surface area contributed by atoms with Crippen molar-refractivity contribution in [3.05, 3.63) is 42.1 Å². The highest BCUT2D eigenvalue weighted by atomic mass is 32.2. The molecule has 1 aliphatic rings. The van der Waals surface area contributed by atoms with Gasteiger partial charge in [-0.15, -0.1) is 0 Å². The summed E-state index contributed by atoms with van der Waals surface area (Å²) in [6.45, 7) is 0. The molecule has 1 fully saturated rings. The highest BCUT2D eigenvalue weighted by Gasteiger charge is 2.27. The number of carbonyl (C=O) groups is 1. The SMILES string of the molecule is COc1cccc(OC)c1C(=O)Nc1ccc(NC2CCS(=O)(=O)C2)nc1. The van der Waals surface area contributed by atoms with Crippen LogP contribution in [0.3, 0.4) is 0 Å². The Morgan fingerprint density at radius 3 is 2.37 bits per heavy atom. The Morgan fingerprint density at radius 1 is 1.15 bits per heavy atom. The summed E-state index contributed by atoms with van der Waals surface area (Å²) >= 11 is 0. The molecule has 0 radical (unpaired) electrons. The van der Waals surface area contributed by atoms with Crippen molar-refractivity contribution in [3.8, 4) is 11.5 Å². The number of hydrogen-bond donors (Lipinski definition) is 2. The molecule has 2 heterocycles. The minimum Gasteiger partial charge on any atom is -0.496 e. The van der Waals surface area contributed by atoms with Crippen LogP contribution in [0.5, 0.6) is 11.5 Å². The van der Waals surface area contributed by atoms with Crippen LogP contribution in [-0.2, 0) is 9.84 Å². The summed E-state index contributed by atoms with van der Waals surface area (Å²) < 4.78 is 33.5. The Hall–Kier alpha value is -2.81. The van der Waals surface area contributed by atoms with Crippen LogP contribution in [0.15, 0.2) is 36.5 Å². The van der Waals surface area contributed by atoms with E-state index < -0.39 is 9.84 Å². The molecule has 2 aromatic rings. The van der Waals surface area contributed by atoms with Gasteiger partial charge in [0.2, 0.25) is 0 Å². The summed E-state index contributed by atoms with van der Waals surface area (Å²) in [5, 5.41) is 5.86. The van der Waals surface area contributed by atoms with Crippen LogP contribution in [0.2, 0.25) is 0 Å². The first kappa shape index (κ1) is 19.0. The van der Waals surface area contributed by atoms with Crippen molar-refractivity contribution < 1.29 is 22.7 Å². The highest BCUT2D eigenvalue weighted by Crippen LogP contribution is 2.29. The van der Waals surface area contributed by atoms with Gasteiger partial charge < -0.3 is 20.1 Å². The Balaban J connectivity index is 1.69. The first-order valence-electron chi connectivity index (χ1n) is 8.37. The molecule has 1 aromatic heterocycles. The van der Waals surface area contributed by atoms with Gasteiger partial charge in [0.25, 0.3) is 5.91 Å². The number of ether oxygens (including phenoxy) is 2. The number of benzene rings is 1. The number of sulfone groups is 1. The maximum Gasteiger partial charge on any atom is 0.263 e. The number of pyridine rings is 1. The average molecular weight is 391 g/mol. The van der Waals surface area contributed by atoms with Crippen molar-refractivity contribution in [1.82, 2.24) is 4.98 Å². The van der Waals surface area contributed by atoms with Crippen molar-refractivity contribution in [2.24, 2.45) is 0 Å². The second kappa shape index (κ2) is 7.83. The molecule has 2 N–H and O–H groups in total. The minimum absolute atomic E-state index is 0.112. The molecule has 27 heavy (non-hydrogen) atoms. The van der Waals surface area contributed by atoms with E-state index in [2.05, 4.69) is 15.6 Å². The van der Waals surface area contributed by atoms with Crippen molar-refractivity contribution in [2.75, 3.05) is 36.4 Å². The van der Waals surface area contributed by atoms with Crippen molar-refractivity contribution in [3.63, 3.8) is 0 Å². The minimum atomic E-state index is -2.95.